The Morgan fingerprint density at radius 2 is 2.25 bits per heavy atom. The van der Waals surface area contributed by atoms with E-state index in [-0.39, 0.29) is 0 Å². The van der Waals surface area contributed by atoms with Crippen LogP contribution in [0.15, 0.2) is 0 Å². The molecule has 0 radical (unpaired) electrons. The molecule has 1 saturated heterocycles. The average molecular weight is 229 g/mol. The van der Waals surface area contributed by atoms with Crippen LogP contribution in [0.25, 0.3) is 0 Å². The van der Waals surface area contributed by atoms with Gasteiger partial charge >= 0.3 is 0 Å². The Labute approximate surface area is 99.9 Å². The SMILES string of the molecule is CCN(C)CCNCC1CN(CC)CCO1. The summed E-state index contributed by atoms with van der Waals surface area (Å²) in [7, 11) is 2.15. The van der Waals surface area contributed by atoms with Gasteiger partial charge < -0.3 is 15.0 Å². The van der Waals surface area contributed by atoms with Crippen molar-refractivity contribution in [3.8, 4) is 0 Å². The van der Waals surface area contributed by atoms with Crippen LogP contribution < -0.4 is 5.32 Å². The van der Waals surface area contributed by atoms with E-state index in [1.165, 1.54) is 0 Å². The molecule has 1 aliphatic rings. The van der Waals surface area contributed by atoms with Gasteiger partial charge in [-0.2, -0.15) is 0 Å². The minimum atomic E-state index is 0.376. The number of nitrogens with one attached hydrogen (secondary N) is 1. The van der Waals surface area contributed by atoms with Gasteiger partial charge in [0.05, 0.1) is 12.7 Å². The Morgan fingerprint density at radius 3 is 2.94 bits per heavy atom. The summed E-state index contributed by atoms with van der Waals surface area (Å²) in [6, 6.07) is 0. The predicted molar refractivity (Wildman–Crippen MR) is 67.9 cm³/mol. The van der Waals surface area contributed by atoms with Gasteiger partial charge in [0.2, 0.25) is 0 Å². The van der Waals surface area contributed by atoms with Crippen LogP contribution in [0.4, 0.5) is 0 Å². The third-order valence-electron chi connectivity index (χ3n) is 3.25. The van der Waals surface area contributed by atoms with E-state index in [0.29, 0.717) is 6.10 Å². The van der Waals surface area contributed by atoms with Crippen LogP contribution in [0.2, 0.25) is 0 Å². The molecule has 1 aliphatic heterocycles. The van der Waals surface area contributed by atoms with Crippen LogP contribution >= 0.6 is 0 Å². The predicted octanol–water partition coefficient (Wildman–Crippen LogP) is 0.248. The molecule has 4 heteroatoms. The third kappa shape index (κ3) is 5.25. The molecule has 0 aromatic carbocycles. The van der Waals surface area contributed by atoms with Crippen molar-refractivity contribution in [3.63, 3.8) is 0 Å². The molecule has 1 fully saturated rings. The number of rotatable bonds is 7. The minimum absolute atomic E-state index is 0.376. The van der Waals surface area contributed by atoms with Crippen molar-refractivity contribution in [1.82, 2.24) is 15.1 Å². The first kappa shape index (κ1) is 13.9. The van der Waals surface area contributed by atoms with E-state index in [4.69, 9.17) is 4.74 Å². The molecule has 1 heterocycles. The van der Waals surface area contributed by atoms with Crippen molar-refractivity contribution >= 4 is 0 Å². The van der Waals surface area contributed by atoms with Gasteiger partial charge in [0.25, 0.3) is 0 Å². The highest BCUT2D eigenvalue weighted by Crippen LogP contribution is 2.03. The van der Waals surface area contributed by atoms with E-state index in [1.54, 1.807) is 0 Å². The zero-order valence-corrected chi connectivity index (χ0v) is 11.0. The molecule has 0 bridgehead atoms. The summed E-state index contributed by atoms with van der Waals surface area (Å²) in [5, 5.41) is 3.47. The van der Waals surface area contributed by atoms with Gasteiger partial charge in [0.1, 0.15) is 0 Å². The summed E-state index contributed by atoms with van der Waals surface area (Å²) in [5.74, 6) is 0. The zero-order chi connectivity index (χ0) is 11.8. The quantitative estimate of drug-likeness (QED) is 0.633. The molecule has 0 aromatic heterocycles. The minimum Gasteiger partial charge on any atom is -0.374 e. The van der Waals surface area contributed by atoms with Gasteiger partial charge in [-0.3, -0.25) is 4.90 Å². The van der Waals surface area contributed by atoms with Crippen LogP contribution in [0.3, 0.4) is 0 Å². The summed E-state index contributed by atoms with van der Waals surface area (Å²) in [6.07, 6.45) is 0.376. The first-order valence-electron chi connectivity index (χ1n) is 6.49. The number of nitrogens with zero attached hydrogens (tertiary/aromatic N) is 2. The molecular weight excluding hydrogens is 202 g/mol. The molecule has 0 aromatic rings. The summed E-state index contributed by atoms with van der Waals surface area (Å²) in [6.45, 7) is 12.8. The Kier molecular flexibility index (Phi) is 6.96. The lowest BCUT2D eigenvalue weighted by atomic mass is 10.2. The number of morpholine rings is 1. The highest BCUT2D eigenvalue weighted by molar-refractivity contribution is 4.72. The second-order valence-corrected chi connectivity index (χ2v) is 4.49. The Bertz CT molecular complexity index is 178. The van der Waals surface area contributed by atoms with E-state index in [1.807, 2.05) is 0 Å². The molecule has 0 spiro atoms. The first-order valence-corrected chi connectivity index (χ1v) is 6.49. The maximum absolute atomic E-state index is 5.73. The Morgan fingerprint density at radius 1 is 1.44 bits per heavy atom. The van der Waals surface area contributed by atoms with Gasteiger partial charge in [0, 0.05) is 32.7 Å². The largest absolute Gasteiger partial charge is 0.374 e. The normalized spacial score (nSPS) is 22.9. The molecule has 4 nitrogen and oxygen atoms in total. The van der Waals surface area contributed by atoms with E-state index in [9.17, 15) is 0 Å². The molecule has 1 rings (SSSR count). The van der Waals surface area contributed by atoms with Crippen LogP contribution in [0, 0.1) is 0 Å². The van der Waals surface area contributed by atoms with Crippen molar-refractivity contribution in [2.75, 3.05) is 59.5 Å². The van der Waals surface area contributed by atoms with Crippen molar-refractivity contribution < 1.29 is 4.74 Å². The average Bonchev–Trinajstić information content (AvgIpc) is 2.34. The summed E-state index contributed by atoms with van der Waals surface area (Å²) in [5.41, 5.74) is 0. The van der Waals surface area contributed by atoms with Gasteiger partial charge in [0.15, 0.2) is 0 Å². The third-order valence-corrected chi connectivity index (χ3v) is 3.25. The van der Waals surface area contributed by atoms with Gasteiger partial charge in [-0.15, -0.1) is 0 Å². The van der Waals surface area contributed by atoms with Crippen molar-refractivity contribution in [2.24, 2.45) is 0 Å². The van der Waals surface area contributed by atoms with Crippen molar-refractivity contribution in [2.45, 2.75) is 20.0 Å². The molecular formula is C12H27N3O. The molecule has 1 unspecified atom stereocenters. The fourth-order valence-corrected chi connectivity index (χ4v) is 1.88. The zero-order valence-electron chi connectivity index (χ0n) is 11.0. The lowest BCUT2D eigenvalue weighted by molar-refractivity contribution is -0.0252. The number of hydrogen-bond donors (Lipinski definition) is 1. The van der Waals surface area contributed by atoms with Crippen LogP contribution in [0.1, 0.15) is 13.8 Å². The summed E-state index contributed by atoms with van der Waals surface area (Å²) in [4.78, 5) is 4.76. The summed E-state index contributed by atoms with van der Waals surface area (Å²) < 4.78 is 5.73. The molecule has 1 atom stereocenters. The van der Waals surface area contributed by atoms with Gasteiger partial charge in [-0.1, -0.05) is 13.8 Å². The number of likely N-dealkylation sites (N-methyl/N-ethyl adjacent to an activating group) is 2. The molecule has 96 valence electrons. The Balaban J connectivity index is 2.04. The molecule has 0 saturated carbocycles. The van der Waals surface area contributed by atoms with E-state index >= 15 is 0 Å². The van der Waals surface area contributed by atoms with Crippen LogP contribution in [0.5, 0.6) is 0 Å². The number of hydrogen-bond acceptors (Lipinski definition) is 4. The van der Waals surface area contributed by atoms with Crippen molar-refractivity contribution in [1.29, 1.82) is 0 Å². The molecule has 1 N–H and O–H groups in total. The second-order valence-electron chi connectivity index (χ2n) is 4.49. The Hall–Kier alpha value is -0.160. The summed E-state index contributed by atoms with van der Waals surface area (Å²) >= 11 is 0. The van der Waals surface area contributed by atoms with E-state index in [0.717, 1.165) is 52.4 Å². The van der Waals surface area contributed by atoms with E-state index in [2.05, 4.69) is 36.0 Å². The molecule has 0 amide bonds. The second kappa shape index (κ2) is 8.01. The maximum Gasteiger partial charge on any atom is 0.0826 e. The topological polar surface area (TPSA) is 27.7 Å². The fourth-order valence-electron chi connectivity index (χ4n) is 1.88. The lowest BCUT2D eigenvalue weighted by Gasteiger charge is -2.32. The van der Waals surface area contributed by atoms with Gasteiger partial charge in [-0.05, 0) is 20.1 Å². The highest BCUT2D eigenvalue weighted by Gasteiger charge is 2.18. The van der Waals surface area contributed by atoms with Crippen molar-refractivity contribution in [3.05, 3.63) is 0 Å². The van der Waals surface area contributed by atoms with Gasteiger partial charge in [-0.25, -0.2) is 0 Å². The smallest absolute Gasteiger partial charge is 0.0826 e. The van der Waals surface area contributed by atoms with Crippen LogP contribution in [-0.2, 0) is 4.74 Å². The monoisotopic (exact) mass is 229 g/mol. The van der Waals surface area contributed by atoms with E-state index < -0.39 is 0 Å². The first-order chi connectivity index (χ1) is 7.76. The van der Waals surface area contributed by atoms with Crippen LogP contribution in [-0.4, -0.2) is 75.4 Å². The maximum atomic E-state index is 5.73. The standard InChI is InChI=1S/C12H27N3O/c1-4-14(3)7-6-13-10-12-11-15(5-2)8-9-16-12/h12-13H,4-11H2,1-3H3. The fraction of sp³-hybridized carbons (Fsp3) is 1.00. The molecule has 16 heavy (non-hydrogen) atoms. The number of ether oxygens (including phenoxy) is 1. The molecule has 0 aliphatic carbocycles. The highest BCUT2D eigenvalue weighted by atomic mass is 16.5. The lowest BCUT2D eigenvalue weighted by Crippen LogP contribution is -2.47.